The van der Waals surface area contributed by atoms with E-state index in [2.05, 4.69) is 41.1 Å². The van der Waals surface area contributed by atoms with Gasteiger partial charge in [-0.1, -0.05) is 19.1 Å². The topological polar surface area (TPSA) is 75.6 Å². The molecule has 0 aromatic heterocycles. The zero-order valence-electron chi connectivity index (χ0n) is 19.6. The predicted molar refractivity (Wildman–Crippen MR) is 136 cm³/mol. The highest BCUT2D eigenvalue weighted by atomic mass is 127. The normalized spacial score (nSPS) is 22.8. The summed E-state index contributed by atoms with van der Waals surface area (Å²) in [6.45, 7) is 10.2. The Morgan fingerprint density at radius 3 is 2.50 bits per heavy atom. The lowest BCUT2D eigenvalue weighted by Crippen LogP contribution is -2.43. The van der Waals surface area contributed by atoms with Gasteiger partial charge in [-0.15, -0.1) is 24.0 Å². The standard InChI is InChI=1S/C23H36N4O4.HI/c1-5-24-23(27-15-17(2)20(16-27)22(28)30-4)25-14-21(26-10-12-31-13-11-26)18-6-8-19(29-3)9-7-18;/h6-9,17,20-21H,5,10-16H2,1-4H3,(H,24,25);1H. The number of halogens is 1. The lowest BCUT2D eigenvalue weighted by Gasteiger charge is -2.34. The molecular formula is C23H37IN4O4. The van der Waals surface area contributed by atoms with Gasteiger partial charge in [0.2, 0.25) is 0 Å². The van der Waals surface area contributed by atoms with E-state index in [1.807, 2.05) is 12.1 Å². The number of ether oxygens (including phenoxy) is 3. The molecule has 32 heavy (non-hydrogen) atoms. The number of carbonyl (C=O) groups excluding carboxylic acids is 1. The molecule has 2 aliphatic rings. The van der Waals surface area contributed by atoms with E-state index in [1.165, 1.54) is 12.7 Å². The minimum atomic E-state index is -0.143. The number of hydrogen-bond donors (Lipinski definition) is 1. The summed E-state index contributed by atoms with van der Waals surface area (Å²) in [5, 5.41) is 3.41. The van der Waals surface area contributed by atoms with Crippen LogP contribution in [0.4, 0.5) is 0 Å². The molecule has 0 saturated carbocycles. The summed E-state index contributed by atoms with van der Waals surface area (Å²) in [6, 6.07) is 8.39. The van der Waals surface area contributed by atoms with E-state index < -0.39 is 0 Å². The molecule has 3 unspecified atom stereocenters. The number of rotatable bonds is 7. The van der Waals surface area contributed by atoms with E-state index in [-0.39, 0.29) is 47.8 Å². The second kappa shape index (κ2) is 13.2. The van der Waals surface area contributed by atoms with E-state index >= 15 is 0 Å². The molecule has 2 saturated heterocycles. The van der Waals surface area contributed by atoms with E-state index in [0.717, 1.165) is 51.1 Å². The van der Waals surface area contributed by atoms with Crippen LogP contribution in [0.2, 0.25) is 0 Å². The van der Waals surface area contributed by atoms with Crippen LogP contribution < -0.4 is 10.1 Å². The fourth-order valence-corrected chi connectivity index (χ4v) is 4.34. The average Bonchev–Trinajstić information content (AvgIpc) is 3.20. The molecule has 0 radical (unpaired) electrons. The third-order valence-electron chi connectivity index (χ3n) is 6.15. The molecule has 2 heterocycles. The van der Waals surface area contributed by atoms with Gasteiger partial charge in [0.25, 0.3) is 0 Å². The molecule has 9 heteroatoms. The Hall–Kier alpha value is -1.59. The summed E-state index contributed by atoms with van der Waals surface area (Å²) in [5.74, 6) is 1.67. The summed E-state index contributed by atoms with van der Waals surface area (Å²) in [4.78, 5) is 21.7. The number of nitrogens with zero attached hydrogens (tertiary/aromatic N) is 3. The molecule has 2 fully saturated rings. The van der Waals surface area contributed by atoms with Crippen molar-refractivity contribution in [3.8, 4) is 5.75 Å². The average molecular weight is 560 g/mol. The maximum atomic E-state index is 12.1. The van der Waals surface area contributed by atoms with E-state index in [4.69, 9.17) is 19.2 Å². The van der Waals surface area contributed by atoms with Crippen molar-refractivity contribution in [1.29, 1.82) is 0 Å². The Balaban J connectivity index is 0.00000363. The van der Waals surface area contributed by atoms with Gasteiger partial charge in [0, 0.05) is 32.7 Å². The van der Waals surface area contributed by atoms with Gasteiger partial charge in [-0.2, -0.15) is 0 Å². The molecule has 1 aromatic rings. The predicted octanol–water partition coefficient (Wildman–Crippen LogP) is 2.39. The van der Waals surface area contributed by atoms with Gasteiger partial charge in [0.1, 0.15) is 5.75 Å². The quantitative estimate of drug-likeness (QED) is 0.238. The van der Waals surface area contributed by atoms with Gasteiger partial charge in [-0.25, -0.2) is 0 Å². The monoisotopic (exact) mass is 560 g/mol. The van der Waals surface area contributed by atoms with Crippen molar-refractivity contribution >= 4 is 35.9 Å². The summed E-state index contributed by atoms with van der Waals surface area (Å²) >= 11 is 0. The Morgan fingerprint density at radius 1 is 1.22 bits per heavy atom. The van der Waals surface area contributed by atoms with Crippen molar-refractivity contribution in [2.24, 2.45) is 16.8 Å². The third kappa shape index (κ3) is 6.71. The molecule has 0 amide bonds. The second-order valence-corrected chi connectivity index (χ2v) is 8.14. The van der Waals surface area contributed by atoms with Crippen molar-refractivity contribution < 1.29 is 19.0 Å². The molecule has 2 aliphatic heterocycles. The third-order valence-corrected chi connectivity index (χ3v) is 6.15. The van der Waals surface area contributed by atoms with E-state index in [1.54, 1.807) is 7.11 Å². The van der Waals surface area contributed by atoms with Crippen molar-refractivity contribution in [3.05, 3.63) is 29.8 Å². The summed E-state index contributed by atoms with van der Waals surface area (Å²) in [6.07, 6.45) is 0. The highest BCUT2D eigenvalue weighted by molar-refractivity contribution is 14.0. The first-order valence-corrected chi connectivity index (χ1v) is 11.1. The molecule has 0 aliphatic carbocycles. The minimum Gasteiger partial charge on any atom is -0.497 e. The van der Waals surface area contributed by atoms with E-state index in [0.29, 0.717) is 13.1 Å². The maximum Gasteiger partial charge on any atom is 0.310 e. The number of morpholine rings is 1. The van der Waals surface area contributed by atoms with Crippen LogP contribution in [0.1, 0.15) is 25.5 Å². The first kappa shape index (κ1) is 26.7. The van der Waals surface area contributed by atoms with Crippen LogP contribution in [0.25, 0.3) is 0 Å². The zero-order chi connectivity index (χ0) is 22.2. The lowest BCUT2D eigenvalue weighted by molar-refractivity contribution is -0.145. The van der Waals surface area contributed by atoms with Crippen LogP contribution in [0.3, 0.4) is 0 Å². The molecule has 0 spiro atoms. The second-order valence-electron chi connectivity index (χ2n) is 8.14. The minimum absolute atomic E-state index is 0. The van der Waals surface area contributed by atoms with Crippen LogP contribution in [-0.2, 0) is 14.3 Å². The van der Waals surface area contributed by atoms with Crippen LogP contribution in [0, 0.1) is 11.8 Å². The number of methoxy groups -OCH3 is 2. The van der Waals surface area contributed by atoms with Crippen LogP contribution in [0.5, 0.6) is 5.75 Å². The Labute approximate surface area is 208 Å². The largest absolute Gasteiger partial charge is 0.497 e. The molecule has 1 N–H and O–H groups in total. The fraction of sp³-hybridized carbons (Fsp3) is 0.652. The molecule has 0 bridgehead atoms. The summed E-state index contributed by atoms with van der Waals surface area (Å²) in [7, 11) is 3.14. The van der Waals surface area contributed by atoms with Gasteiger partial charge in [0.15, 0.2) is 5.96 Å². The molecule has 180 valence electrons. The summed E-state index contributed by atoms with van der Waals surface area (Å²) in [5.41, 5.74) is 1.21. The number of likely N-dealkylation sites (tertiary alicyclic amines) is 1. The van der Waals surface area contributed by atoms with Crippen molar-refractivity contribution in [2.45, 2.75) is 19.9 Å². The smallest absolute Gasteiger partial charge is 0.310 e. The fourth-order valence-electron chi connectivity index (χ4n) is 4.34. The van der Waals surface area contributed by atoms with Gasteiger partial charge >= 0.3 is 5.97 Å². The zero-order valence-corrected chi connectivity index (χ0v) is 21.9. The van der Waals surface area contributed by atoms with Crippen LogP contribution >= 0.6 is 24.0 Å². The Bertz CT molecular complexity index is 740. The van der Waals surface area contributed by atoms with Crippen LogP contribution in [0.15, 0.2) is 29.3 Å². The van der Waals surface area contributed by atoms with E-state index in [9.17, 15) is 4.79 Å². The van der Waals surface area contributed by atoms with Crippen molar-refractivity contribution in [3.63, 3.8) is 0 Å². The van der Waals surface area contributed by atoms with Gasteiger partial charge in [-0.3, -0.25) is 14.7 Å². The first-order chi connectivity index (χ1) is 15.1. The maximum absolute atomic E-state index is 12.1. The molecular weight excluding hydrogens is 523 g/mol. The number of carbonyl (C=O) groups is 1. The highest BCUT2D eigenvalue weighted by Crippen LogP contribution is 2.26. The molecule has 3 atom stereocenters. The van der Waals surface area contributed by atoms with Crippen molar-refractivity contribution in [1.82, 2.24) is 15.1 Å². The number of esters is 1. The molecule has 1 aromatic carbocycles. The number of nitrogens with one attached hydrogen (secondary N) is 1. The number of benzene rings is 1. The lowest BCUT2D eigenvalue weighted by atomic mass is 9.99. The molecule has 3 rings (SSSR count). The molecule has 8 nitrogen and oxygen atoms in total. The number of guanidine groups is 1. The summed E-state index contributed by atoms with van der Waals surface area (Å²) < 4.78 is 15.9. The van der Waals surface area contributed by atoms with Gasteiger partial charge in [0.05, 0.1) is 45.9 Å². The van der Waals surface area contributed by atoms with Crippen molar-refractivity contribution in [2.75, 3.05) is 66.7 Å². The SMILES string of the molecule is CCNC(=NCC(c1ccc(OC)cc1)N1CCOCC1)N1CC(C)C(C(=O)OC)C1.I. The number of hydrogen-bond acceptors (Lipinski definition) is 6. The Morgan fingerprint density at radius 2 is 1.91 bits per heavy atom. The first-order valence-electron chi connectivity index (χ1n) is 11.1. The Kier molecular flexibility index (Phi) is 11.0. The van der Waals surface area contributed by atoms with Gasteiger partial charge < -0.3 is 24.4 Å². The number of aliphatic imine (C=N–C) groups is 1. The van der Waals surface area contributed by atoms with Gasteiger partial charge in [-0.05, 0) is 30.5 Å². The van der Waals surface area contributed by atoms with Crippen LogP contribution in [-0.4, -0.2) is 88.4 Å². The highest BCUT2D eigenvalue weighted by Gasteiger charge is 2.37.